The van der Waals surface area contributed by atoms with E-state index >= 15 is 0 Å². The first kappa shape index (κ1) is 10.7. The van der Waals surface area contributed by atoms with Crippen molar-refractivity contribution in [3.05, 3.63) is 47.5 Å². The number of aromatic nitrogens is 2. The molecular weight excluding hydrogens is 200 g/mol. The van der Waals surface area contributed by atoms with Crippen LogP contribution in [0.5, 0.6) is 5.75 Å². The molecule has 2 aromatic rings. The summed E-state index contributed by atoms with van der Waals surface area (Å²) < 4.78 is 2.13. The lowest BCUT2D eigenvalue weighted by molar-refractivity contribution is 0.474. The maximum Gasteiger partial charge on any atom is 0.115 e. The third-order valence-corrected chi connectivity index (χ3v) is 2.82. The maximum absolute atomic E-state index is 9.34. The molecule has 2 rings (SSSR count). The highest BCUT2D eigenvalue weighted by atomic mass is 16.3. The van der Waals surface area contributed by atoms with Gasteiger partial charge in [0.25, 0.3) is 0 Å². The van der Waals surface area contributed by atoms with Gasteiger partial charge in [-0.05, 0) is 37.1 Å². The van der Waals surface area contributed by atoms with E-state index in [4.69, 9.17) is 0 Å². The molecule has 0 amide bonds. The first-order chi connectivity index (χ1) is 7.70. The summed E-state index contributed by atoms with van der Waals surface area (Å²) in [5, 5.41) is 9.34. The molecule has 0 atom stereocenters. The zero-order chi connectivity index (χ0) is 11.5. The lowest BCUT2D eigenvalue weighted by atomic mass is 10.1. The highest BCUT2D eigenvalue weighted by Crippen LogP contribution is 2.18. The molecule has 84 valence electrons. The topological polar surface area (TPSA) is 38.0 Å². The van der Waals surface area contributed by atoms with Crippen LogP contribution in [0.4, 0.5) is 0 Å². The van der Waals surface area contributed by atoms with Crippen molar-refractivity contribution in [2.45, 2.75) is 26.8 Å². The van der Waals surface area contributed by atoms with Crippen LogP contribution in [-0.4, -0.2) is 14.7 Å². The number of phenols is 1. The van der Waals surface area contributed by atoms with Gasteiger partial charge in [0.15, 0.2) is 0 Å². The van der Waals surface area contributed by atoms with Crippen molar-refractivity contribution in [3.63, 3.8) is 0 Å². The van der Waals surface area contributed by atoms with E-state index in [1.165, 1.54) is 5.56 Å². The van der Waals surface area contributed by atoms with Crippen LogP contribution in [0.25, 0.3) is 0 Å². The smallest absolute Gasteiger partial charge is 0.115 e. The van der Waals surface area contributed by atoms with Crippen LogP contribution in [0.2, 0.25) is 0 Å². The minimum Gasteiger partial charge on any atom is -0.508 e. The van der Waals surface area contributed by atoms with Gasteiger partial charge >= 0.3 is 0 Å². The number of aryl methyl sites for hydroxylation is 2. The Hall–Kier alpha value is -1.77. The predicted octanol–water partition coefficient (Wildman–Crippen LogP) is 2.51. The summed E-state index contributed by atoms with van der Waals surface area (Å²) >= 11 is 0. The van der Waals surface area contributed by atoms with Crippen molar-refractivity contribution in [1.29, 1.82) is 0 Å². The van der Waals surface area contributed by atoms with Crippen LogP contribution in [0, 0.1) is 6.92 Å². The Morgan fingerprint density at radius 2 is 2.19 bits per heavy atom. The zero-order valence-corrected chi connectivity index (χ0v) is 9.64. The van der Waals surface area contributed by atoms with Crippen LogP contribution in [-0.2, 0) is 13.0 Å². The lowest BCUT2D eigenvalue weighted by Crippen LogP contribution is -2.02. The molecule has 0 fully saturated rings. The van der Waals surface area contributed by atoms with E-state index in [1.54, 1.807) is 12.1 Å². The van der Waals surface area contributed by atoms with Gasteiger partial charge in [-0.3, -0.25) is 0 Å². The largest absolute Gasteiger partial charge is 0.508 e. The number of imidazole rings is 1. The molecule has 0 radical (unpaired) electrons. The van der Waals surface area contributed by atoms with E-state index in [1.807, 2.05) is 25.4 Å². The van der Waals surface area contributed by atoms with Gasteiger partial charge in [0, 0.05) is 25.4 Å². The van der Waals surface area contributed by atoms with E-state index in [9.17, 15) is 5.11 Å². The Kier molecular flexibility index (Phi) is 2.95. The zero-order valence-electron chi connectivity index (χ0n) is 9.64. The fraction of sp³-hybridized carbons (Fsp3) is 0.308. The molecule has 0 aliphatic carbocycles. The van der Waals surface area contributed by atoms with Crippen molar-refractivity contribution in [3.8, 4) is 5.75 Å². The van der Waals surface area contributed by atoms with Crippen LogP contribution in [0.3, 0.4) is 0 Å². The number of rotatable bonds is 3. The summed E-state index contributed by atoms with van der Waals surface area (Å²) in [5.41, 5.74) is 2.31. The molecule has 0 saturated heterocycles. The van der Waals surface area contributed by atoms with E-state index < -0.39 is 0 Å². The van der Waals surface area contributed by atoms with Gasteiger partial charge in [0.2, 0.25) is 0 Å². The second-order valence-corrected chi connectivity index (χ2v) is 3.92. The van der Waals surface area contributed by atoms with Gasteiger partial charge < -0.3 is 9.67 Å². The molecule has 16 heavy (non-hydrogen) atoms. The first-order valence-corrected chi connectivity index (χ1v) is 5.49. The second kappa shape index (κ2) is 4.39. The van der Waals surface area contributed by atoms with Gasteiger partial charge in [-0.25, -0.2) is 4.98 Å². The number of hydrogen-bond donors (Lipinski definition) is 1. The number of benzene rings is 1. The van der Waals surface area contributed by atoms with Crippen LogP contribution in [0.15, 0.2) is 30.6 Å². The Morgan fingerprint density at radius 1 is 1.38 bits per heavy atom. The Morgan fingerprint density at radius 3 is 2.88 bits per heavy atom. The van der Waals surface area contributed by atoms with Crippen molar-refractivity contribution in [2.24, 2.45) is 0 Å². The summed E-state index contributed by atoms with van der Waals surface area (Å²) in [4.78, 5) is 4.35. The lowest BCUT2D eigenvalue weighted by Gasteiger charge is -2.07. The Balaban J connectivity index is 2.27. The highest BCUT2D eigenvalue weighted by Gasteiger charge is 2.05. The number of aromatic hydroxyl groups is 1. The Labute approximate surface area is 95.4 Å². The summed E-state index contributed by atoms with van der Waals surface area (Å²) in [6.07, 6.45) is 4.63. The van der Waals surface area contributed by atoms with Crippen LogP contribution < -0.4 is 0 Å². The van der Waals surface area contributed by atoms with Crippen LogP contribution >= 0.6 is 0 Å². The molecular formula is C13H16N2O. The molecule has 0 saturated carbocycles. The van der Waals surface area contributed by atoms with Gasteiger partial charge in [-0.2, -0.15) is 0 Å². The van der Waals surface area contributed by atoms with Crippen molar-refractivity contribution >= 4 is 0 Å². The van der Waals surface area contributed by atoms with E-state index in [-0.39, 0.29) is 0 Å². The summed E-state index contributed by atoms with van der Waals surface area (Å²) in [6, 6.07) is 5.47. The molecule has 1 N–H and O–H groups in total. The van der Waals surface area contributed by atoms with E-state index in [0.717, 1.165) is 24.4 Å². The first-order valence-electron chi connectivity index (χ1n) is 5.49. The quantitative estimate of drug-likeness (QED) is 0.856. The molecule has 0 spiro atoms. The molecule has 1 aromatic carbocycles. The monoisotopic (exact) mass is 216 g/mol. The van der Waals surface area contributed by atoms with Crippen LogP contribution in [0.1, 0.15) is 23.9 Å². The minimum absolute atomic E-state index is 0.320. The summed E-state index contributed by atoms with van der Waals surface area (Å²) in [7, 11) is 0. The summed E-state index contributed by atoms with van der Waals surface area (Å²) in [6.45, 7) is 5.05. The van der Waals surface area contributed by atoms with Gasteiger partial charge in [0.05, 0.1) is 0 Å². The second-order valence-electron chi connectivity index (χ2n) is 3.92. The summed E-state index contributed by atoms with van der Waals surface area (Å²) in [5.74, 6) is 1.39. The molecule has 3 heteroatoms. The number of hydrogen-bond acceptors (Lipinski definition) is 2. The standard InChI is InChI=1S/C13H16N2O/c1-3-15-7-6-14-13(15)9-11-4-5-12(16)8-10(11)2/h4-8,16H,3,9H2,1-2H3. The Bertz CT molecular complexity index is 488. The maximum atomic E-state index is 9.34. The molecule has 0 bridgehead atoms. The predicted molar refractivity (Wildman–Crippen MR) is 63.6 cm³/mol. The third kappa shape index (κ3) is 2.08. The van der Waals surface area contributed by atoms with Gasteiger partial charge in [-0.15, -0.1) is 0 Å². The SMILES string of the molecule is CCn1ccnc1Cc1ccc(O)cc1C. The van der Waals surface area contributed by atoms with Crippen molar-refractivity contribution in [1.82, 2.24) is 9.55 Å². The van der Waals surface area contributed by atoms with Crippen molar-refractivity contribution in [2.75, 3.05) is 0 Å². The molecule has 0 aliphatic rings. The fourth-order valence-electron chi connectivity index (χ4n) is 1.84. The van der Waals surface area contributed by atoms with Crippen molar-refractivity contribution < 1.29 is 5.11 Å². The molecule has 0 aliphatic heterocycles. The van der Waals surface area contributed by atoms with E-state index in [2.05, 4.69) is 16.5 Å². The average Bonchev–Trinajstić information content (AvgIpc) is 2.69. The molecule has 3 nitrogen and oxygen atoms in total. The minimum atomic E-state index is 0.320. The average molecular weight is 216 g/mol. The fourth-order valence-corrected chi connectivity index (χ4v) is 1.84. The van der Waals surface area contributed by atoms with Gasteiger partial charge in [-0.1, -0.05) is 6.07 Å². The molecule has 0 unspecified atom stereocenters. The number of phenolic OH excluding ortho intramolecular Hbond substituents is 1. The molecule has 1 aromatic heterocycles. The molecule has 1 heterocycles. The van der Waals surface area contributed by atoms with E-state index in [0.29, 0.717) is 5.75 Å². The highest BCUT2D eigenvalue weighted by molar-refractivity contribution is 5.35. The number of nitrogens with zero attached hydrogens (tertiary/aromatic N) is 2. The third-order valence-electron chi connectivity index (χ3n) is 2.82. The normalized spacial score (nSPS) is 10.6. The van der Waals surface area contributed by atoms with Gasteiger partial charge in [0.1, 0.15) is 11.6 Å².